The van der Waals surface area contributed by atoms with Crippen LogP contribution in [0.25, 0.3) is 0 Å². The van der Waals surface area contributed by atoms with Crippen LogP contribution in [0.15, 0.2) is 0 Å². The Morgan fingerprint density at radius 3 is 2.36 bits per heavy atom. The quantitative estimate of drug-likeness (QED) is 0.437. The molecule has 0 radical (unpaired) electrons. The zero-order valence-electron chi connectivity index (χ0n) is 6.39. The van der Waals surface area contributed by atoms with Gasteiger partial charge in [-0.25, -0.2) is 4.79 Å². The summed E-state index contributed by atoms with van der Waals surface area (Å²) in [5.74, 6) is 0. The Hall–Kier alpha value is -0.770. The molecular formula is C7H13N3O. The van der Waals surface area contributed by atoms with E-state index in [1.54, 1.807) is 0 Å². The van der Waals surface area contributed by atoms with E-state index in [9.17, 15) is 4.79 Å². The molecule has 1 heterocycles. The number of urea groups is 1. The molecule has 2 fully saturated rings. The third kappa shape index (κ3) is 1.07. The normalized spacial score (nSPS) is 29.0. The lowest BCUT2D eigenvalue weighted by molar-refractivity contribution is 0.0903. The highest BCUT2D eigenvalue weighted by molar-refractivity contribution is 5.74. The van der Waals surface area contributed by atoms with E-state index in [2.05, 4.69) is 10.6 Å². The van der Waals surface area contributed by atoms with Gasteiger partial charge in [-0.3, -0.25) is 0 Å². The van der Waals surface area contributed by atoms with Crippen LogP contribution < -0.4 is 16.4 Å². The number of hydrogen-bond donors (Lipinski definition) is 3. The van der Waals surface area contributed by atoms with Gasteiger partial charge in [0.25, 0.3) is 0 Å². The minimum atomic E-state index is -0.0453. The highest BCUT2D eigenvalue weighted by atomic mass is 16.2. The van der Waals surface area contributed by atoms with Crippen LogP contribution in [0.5, 0.6) is 0 Å². The first kappa shape index (κ1) is 6.91. The van der Waals surface area contributed by atoms with Gasteiger partial charge in [0.2, 0.25) is 0 Å². The maximum atomic E-state index is 10.7. The molecule has 0 aromatic rings. The molecule has 0 unspecified atom stereocenters. The van der Waals surface area contributed by atoms with Crippen molar-refractivity contribution in [3.8, 4) is 0 Å². The van der Waals surface area contributed by atoms with Crippen LogP contribution in [0.1, 0.15) is 12.8 Å². The van der Waals surface area contributed by atoms with Crippen molar-refractivity contribution in [2.75, 3.05) is 13.1 Å². The number of carbonyl (C=O) groups excluding carboxylic acids is 1. The average molecular weight is 155 g/mol. The van der Waals surface area contributed by atoms with Crippen LogP contribution in [0.2, 0.25) is 0 Å². The van der Waals surface area contributed by atoms with Gasteiger partial charge in [-0.05, 0) is 12.8 Å². The molecule has 4 N–H and O–H groups in total. The van der Waals surface area contributed by atoms with E-state index in [0.717, 1.165) is 25.9 Å². The highest BCUT2D eigenvalue weighted by Gasteiger charge is 2.44. The van der Waals surface area contributed by atoms with Gasteiger partial charge in [-0.1, -0.05) is 0 Å². The van der Waals surface area contributed by atoms with Crippen molar-refractivity contribution in [1.29, 1.82) is 0 Å². The van der Waals surface area contributed by atoms with Gasteiger partial charge in [-0.2, -0.15) is 0 Å². The fraction of sp³-hybridized carbons (Fsp3) is 0.857. The molecular weight excluding hydrogens is 142 g/mol. The number of amides is 2. The van der Waals surface area contributed by atoms with Crippen LogP contribution in [0.4, 0.5) is 4.79 Å². The molecule has 62 valence electrons. The maximum absolute atomic E-state index is 10.7. The van der Waals surface area contributed by atoms with Gasteiger partial charge in [0.15, 0.2) is 0 Å². The zero-order chi connectivity index (χ0) is 7.90. The van der Waals surface area contributed by atoms with E-state index in [1.165, 1.54) is 0 Å². The van der Waals surface area contributed by atoms with Crippen LogP contribution >= 0.6 is 0 Å². The fourth-order valence-electron chi connectivity index (χ4n) is 2.00. The lowest BCUT2D eigenvalue weighted by Gasteiger charge is -2.48. The van der Waals surface area contributed by atoms with Gasteiger partial charge in [0.05, 0.1) is 0 Å². The van der Waals surface area contributed by atoms with E-state index < -0.39 is 0 Å². The van der Waals surface area contributed by atoms with Crippen LogP contribution in [0, 0.1) is 5.41 Å². The summed E-state index contributed by atoms with van der Waals surface area (Å²) in [4.78, 5) is 10.7. The highest BCUT2D eigenvalue weighted by Crippen LogP contribution is 2.39. The molecule has 0 aromatic heterocycles. The summed E-state index contributed by atoms with van der Waals surface area (Å²) in [5.41, 5.74) is 5.96. The van der Waals surface area contributed by atoms with Crippen molar-refractivity contribution in [3.63, 3.8) is 0 Å². The Morgan fingerprint density at radius 2 is 1.91 bits per heavy atom. The zero-order valence-corrected chi connectivity index (χ0v) is 6.39. The van der Waals surface area contributed by atoms with Crippen molar-refractivity contribution >= 4 is 6.03 Å². The van der Waals surface area contributed by atoms with E-state index in [-0.39, 0.29) is 11.4 Å². The van der Waals surface area contributed by atoms with E-state index in [1.807, 2.05) is 0 Å². The van der Waals surface area contributed by atoms with Crippen molar-refractivity contribution in [2.45, 2.75) is 18.9 Å². The second-order valence-electron chi connectivity index (χ2n) is 3.70. The van der Waals surface area contributed by atoms with Gasteiger partial charge in [0, 0.05) is 24.5 Å². The molecule has 11 heavy (non-hydrogen) atoms. The Labute approximate surface area is 65.5 Å². The third-order valence-electron chi connectivity index (χ3n) is 2.64. The summed E-state index contributed by atoms with van der Waals surface area (Å²) in [6.07, 6.45) is 2.08. The lowest BCUT2D eigenvalue weighted by atomic mass is 9.65. The Balaban J connectivity index is 1.93. The predicted octanol–water partition coefficient (Wildman–Crippen LogP) is -0.593. The molecule has 0 atom stereocenters. The summed E-state index contributed by atoms with van der Waals surface area (Å²) in [6, 6.07) is 0.308. The van der Waals surface area contributed by atoms with Gasteiger partial charge >= 0.3 is 6.03 Å². The van der Waals surface area contributed by atoms with E-state index >= 15 is 0 Å². The summed E-state index contributed by atoms with van der Waals surface area (Å²) in [6.45, 7) is 1.60. The van der Waals surface area contributed by atoms with Crippen LogP contribution in [0.3, 0.4) is 0 Å². The second-order valence-corrected chi connectivity index (χ2v) is 3.70. The first-order valence-corrected chi connectivity index (χ1v) is 3.98. The Morgan fingerprint density at radius 1 is 1.36 bits per heavy atom. The summed E-state index contributed by atoms with van der Waals surface area (Å²) < 4.78 is 0. The molecule has 1 saturated carbocycles. The molecule has 1 aliphatic heterocycles. The topological polar surface area (TPSA) is 67.1 Å². The summed E-state index contributed by atoms with van der Waals surface area (Å²) in [7, 11) is 0. The summed E-state index contributed by atoms with van der Waals surface area (Å²) in [5, 5.41) is 5.58. The number of carbonyl (C=O) groups is 1. The maximum Gasteiger partial charge on any atom is 0.314 e. The number of rotatable bonds is 0. The second kappa shape index (κ2) is 2.11. The minimum Gasteiger partial charge on any atom is -0.338 e. The molecule has 2 aliphatic rings. The van der Waals surface area contributed by atoms with Crippen molar-refractivity contribution < 1.29 is 4.79 Å². The molecule has 1 saturated heterocycles. The molecule has 2 rings (SSSR count). The number of nitrogens with two attached hydrogens (primary N) is 1. The standard InChI is InChI=1S/C7H13N3O/c8-5-1-7(2-5)3-9-6(11)10-4-7/h5H,1-4,8H2,(H2,9,10,11). The molecule has 0 bridgehead atoms. The van der Waals surface area contributed by atoms with Crippen molar-refractivity contribution in [3.05, 3.63) is 0 Å². The number of nitrogens with one attached hydrogen (secondary N) is 2. The molecule has 4 nitrogen and oxygen atoms in total. The molecule has 4 heteroatoms. The predicted molar refractivity (Wildman–Crippen MR) is 41.0 cm³/mol. The average Bonchev–Trinajstić information content (AvgIpc) is 1.92. The summed E-state index contributed by atoms with van der Waals surface area (Å²) >= 11 is 0. The fourth-order valence-corrected chi connectivity index (χ4v) is 2.00. The smallest absolute Gasteiger partial charge is 0.314 e. The van der Waals surface area contributed by atoms with Crippen LogP contribution in [-0.2, 0) is 0 Å². The first-order chi connectivity index (χ1) is 5.20. The molecule has 1 spiro atoms. The van der Waals surface area contributed by atoms with Crippen molar-refractivity contribution in [2.24, 2.45) is 11.1 Å². The number of hydrogen-bond acceptors (Lipinski definition) is 2. The largest absolute Gasteiger partial charge is 0.338 e. The van der Waals surface area contributed by atoms with Gasteiger partial charge in [-0.15, -0.1) is 0 Å². The Kier molecular flexibility index (Phi) is 1.32. The minimum absolute atomic E-state index is 0.0453. The lowest BCUT2D eigenvalue weighted by Crippen LogP contribution is -2.62. The third-order valence-corrected chi connectivity index (χ3v) is 2.64. The Bertz CT molecular complexity index is 174. The molecule has 1 aliphatic carbocycles. The van der Waals surface area contributed by atoms with Gasteiger partial charge < -0.3 is 16.4 Å². The van der Waals surface area contributed by atoms with Crippen molar-refractivity contribution in [1.82, 2.24) is 10.6 Å². The molecule has 2 amide bonds. The SMILES string of the molecule is NC1CC2(CNC(=O)NC2)C1. The molecule has 0 aromatic carbocycles. The first-order valence-electron chi connectivity index (χ1n) is 3.98. The van der Waals surface area contributed by atoms with E-state index in [0.29, 0.717) is 6.04 Å². The van der Waals surface area contributed by atoms with Crippen LogP contribution in [-0.4, -0.2) is 25.2 Å². The van der Waals surface area contributed by atoms with E-state index in [4.69, 9.17) is 5.73 Å². The monoisotopic (exact) mass is 155 g/mol. The van der Waals surface area contributed by atoms with Gasteiger partial charge in [0.1, 0.15) is 0 Å².